The molecule has 1 atom stereocenters. The van der Waals surface area contributed by atoms with Crippen LogP contribution in [0.3, 0.4) is 0 Å². The van der Waals surface area contributed by atoms with Gasteiger partial charge in [0.05, 0.1) is 5.92 Å². The van der Waals surface area contributed by atoms with Crippen molar-refractivity contribution in [1.82, 2.24) is 15.1 Å². The summed E-state index contributed by atoms with van der Waals surface area (Å²) in [5.41, 5.74) is 1.61. The van der Waals surface area contributed by atoms with Crippen LogP contribution in [0.15, 0.2) is 47.2 Å². The first-order chi connectivity index (χ1) is 13.3. The molecule has 1 aromatic carbocycles. The van der Waals surface area contributed by atoms with Gasteiger partial charge in [-0.05, 0) is 24.3 Å². The van der Waals surface area contributed by atoms with Gasteiger partial charge in [0.2, 0.25) is 17.6 Å². The van der Waals surface area contributed by atoms with Crippen molar-refractivity contribution in [2.24, 2.45) is 0 Å². The Morgan fingerprint density at radius 1 is 1.04 bits per heavy atom. The van der Waals surface area contributed by atoms with Gasteiger partial charge in [-0.2, -0.15) is 4.98 Å². The van der Waals surface area contributed by atoms with E-state index in [2.05, 4.69) is 15.1 Å². The average Bonchev–Trinajstić information content (AvgIpc) is 3.35. The number of anilines is 1. The summed E-state index contributed by atoms with van der Waals surface area (Å²) in [6.07, 6.45) is 3.68. The Labute approximate surface area is 154 Å². The van der Waals surface area contributed by atoms with E-state index in [1.54, 1.807) is 17.3 Å². The normalized spacial score (nSPS) is 18.7. The molecule has 1 saturated heterocycles. The van der Waals surface area contributed by atoms with Crippen LogP contribution in [0.5, 0.6) is 11.5 Å². The minimum absolute atomic E-state index is 0.0142. The lowest BCUT2D eigenvalue weighted by atomic mass is 10.1. The standard InChI is InChI=1S/C19H16N4O4/c24-17-9-13(19-21-18(22-27-19)12-3-5-20-6-4-12)11-23(17)14-1-2-15-16(10-14)26-8-7-25-15/h1-6,10,13H,7-9,11H2. The third kappa shape index (κ3) is 2.88. The Morgan fingerprint density at radius 2 is 1.85 bits per heavy atom. The van der Waals surface area contributed by atoms with Crippen molar-refractivity contribution in [3.8, 4) is 22.9 Å². The lowest BCUT2D eigenvalue weighted by Gasteiger charge is -2.22. The number of amides is 1. The number of hydrogen-bond donors (Lipinski definition) is 0. The highest BCUT2D eigenvalue weighted by molar-refractivity contribution is 5.96. The molecular formula is C19H16N4O4. The molecule has 0 bridgehead atoms. The molecule has 5 rings (SSSR count). The first-order valence-corrected chi connectivity index (χ1v) is 8.72. The number of nitrogens with zero attached hydrogens (tertiary/aromatic N) is 4. The molecule has 1 amide bonds. The molecule has 0 radical (unpaired) electrons. The zero-order chi connectivity index (χ0) is 18.2. The monoisotopic (exact) mass is 364 g/mol. The Morgan fingerprint density at radius 3 is 2.70 bits per heavy atom. The van der Waals surface area contributed by atoms with E-state index in [1.165, 1.54) is 0 Å². The maximum absolute atomic E-state index is 12.6. The van der Waals surface area contributed by atoms with Gasteiger partial charge < -0.3 is 18.9 Å². The lowest BCUT2D eigenvalue weighted by Crippen LogP contribution is -2.24. The van der Waals surface area contributed by atoms with Crippen LogP contribution in [0.4, 0.5) is 5.69 Å². The summed E-state index contributed by atoms with van der Waals surface area (Å²) < 4.78 is 16.6. The summed E-state index contributed by atoms with van der Waals surface area (Å²) in [5, 5.41) is 4.03. The summed E-state index contributed by atoms with van der Waals surface area (Å²) in [7, 11) is 0. The van der Waals surface area contributed by atoms with Gasteiger partial charge in [0.1, 0.15) is 13.2 Å². The van der Waals surface area contributed by atoms with Crippen LogP contribution < -0.4 is 14.4 Å². The number of rotatable bonds is 3. The zero-order valence-electron chi connectivity index (χ0n) is 14.4. The molecule has 1 fully saturated rings. The van der Waals surface area contributed by atoms with E-state index in [9.17, 15) is 4.79 Å². The minimum atomic E-state index is -0.145. The second-order valence-corrected chi connectivity index (χ2v) is 6.43. The van der Waals surface area contributed by atoms with Crippen LogP contribution in [0.25, 0.3) is 11.4 Å². The van der Waals surface area contributed by atoms with Crippen molar-refractivity contribution in [2.45, 2.75) is 12.3 Å². The fraction of sp³-hybridized carbons (Fsp3) is 0.263. The molecule has 0 N–H and O–H groups in total. The minimum Gasteiger partial charge on any atom is -0.486 e. The number of pyridine rings is 1. The molecule has 2 aliphatic rings. The van der Waals surface area contributed by atoms with Gasteiger partial charge in [-0.1, -0.05) is 5.16 Å². The number of ether oxygens (including phenoxy) is 2. The molecule has 1 unspecified atom stereocenters. The van der Waals surface area contributed by atoms with Gasteiger partial charge in [0, 0.05) is 42.7 Å². The Bertz CT molecular complexity index is 988. The van der Waals surface area contributed by atoms with E-state index in [0.717, 1.165) is 11.3 Å². The van der Waals surface area contributed by atoms with Crippen molar-refractivity contribution in [2.75, 3.05) is 24.7 Å². The highest BCUT2D eigenvalue weighted by Crippen LogP contribution is 2.37. The van der Waals surface area contributed by atoms with Crippen LogP contribution in [0.2, 0.25) is 0 Å². The van der Waals surface area contributed by atoms with Crippen molar-refractivity contribution in [3.63, 3.8) is 0 Å². The van der Waals surface area contributed by atoms with E-state index in [0.29, 0.717) is 49.4 Å². The van der Waals surface area contributed by atoms with Crippen LogP contribution in [-0.4, -0.2) is 40.8 Å². The summed E-state index contributed by atoms with van der Waals surface area (Å²) >= 11 is 0. The topological polar surface area (TPSA) is 90.6 Å². The van der Waals surface area contributed by atoms with Gasteiger partial charge >= 0.3 is 0 Å². The first-order valence-electron chi connectivity index (χ1n) is 8.72. The highest BCUT2D eigenvalue weighted by Gasteiger charge is 2.35. The number of carbonyl (C=O) groups excluding carboxylic acids is 1. The van der Waals surface area contributed by atoms with Gasteiger partial charge in [-0.3, -0.25) is 9.78 Å². The van der Waals surface area contributed by atoms with Crippen LogP contribution in [-0.2, 0) is 4.79 Å². The van der Waals surface area contributed by atoms with Gasteiger partial charge in [0.15, 0.2) is 11.5 Å². The number of carbonyl (C=O) groups is 1. The molecule has 8 nitrogen and oxygen atoms in total. The second-order valence-electron chi connectivity index (χ2n) is 6.43. The number of fused-ring (bicyclic) bond motifs is 1. The molecule has 2 aliphatic heterocycles. The van der Waals surface area contributed by atoms with Gasteiger partial charge in [0.25, 0.3) is 0 Å². The maximum atomic E-state index is 12.6. The highest BCUT2D eigenvalue weighted by atomic mass is 16.6. The molecule has 3 aromatic rings. The van der Waals surface area contributed by atoms with E-state index < -0.39 is 0 Å². The van der Waals surface area contributed by atoms with Crippen LogP contribution >= 0.6 is 0 Å². The van der Waals surface area contributed by atoms with Crippen molar-refractivity contribution < 1.29 is 18.8 Å². The average molecular weight is 364 g/mol. The fourth-order valence-corrected chi connectivity index (χ4v) is 3.34. The molecular weight excluding hydrogens is 348 g/mol. The molecule has 0 aliphatic carbocycles. The summed E-state index contributed by atoms with van der Waals surface area (Å²) in [4.78, 5) is 22.7. The molecule has 4 heterocycles. The SMILES string of the molecule is O=C1CC(c2nc(-c3ccncc3)no2)CN1c1ccc2c(c1)OCCO2. The smallest absolute Gasteiger partial charge is 0.232 e. The van der Waals surface area contributed by atoms with Crippen molar-refractivity contribution in [1.29, 1.82) is 0 Å². The third-order valence-electron chi connectivity index (χ3n) is 4.69. The molecule has 0 saturated carbocycles. The molecule has 136 valence electrons. The van der Waals surface area contributed by atoms with Crippen LogP contribution in [0, 0.1) is 0 Å². The largest absolute Gasteiger partial charge is 0.486 e. The third-order valence-corrected chi connectivity index (χ3v) is 4.69. The van der Waals surface area contributed by atoms with Crippen molar-refractivity contribution in [3.05, 3.63) is 48.6 Å². The predicted molar refractivity (Wildman–Crippen MR) is 94.7 cm³/mol. The van der Waals surface area contributed by atoms with E-state index in [4.69, 9.17) is 14.0 Å². The number of benzene rings is 1. The summed E-state index contributed by atoms with van der Waals surface area (Å²) in [6, 6.07) is 9.17. The van der Waals surface area contributed by atoms with E-state index >= 15 is 0 Å². The number of aromatic nitrogens is 3. The Hall–Kier alpha value is -3.42. The maximum Gasteiger partial charge on any atom is 0.232 e. The quantitative estimate of drug-likeness (QED) is 0.705. The fourth-order valence-electron chi connectivity index (χ4n) is 3.34. The first kappa shape index (κ1) is 15.8. The summed E-state index contributed by atoms with van der Waals surface area (Å²) in [6.45, 7) is 1.53. The summed E-state index contributed by atoms with van der Waals surface area (Å²) in [5.74, 6) is 2.20. The van der Waals surface area contributed by atoms with Crippen LogP contribution in [0.1, 0.15) is 18.2 Å². The Kier molecular flexibility index (Phi) is 3.74. The molecule has 8 heteroatoms. The Balaban J connectivity index is 1.37. The lowest BCUT2D eigenvalue weighted by molar-refractivity contribution is -0.117. The predicted octanol–water partition coefficient (Wildman–Crippen LogP) is 2.42. The second kappa shape index (κ2) is 6.39. The number of hydrogen-bond acceptors (Lipinski definition) is 7. The van der Waals surface area contributed by atoms with E-state index in [1.807, 2.05) is 30.3 Å². The molecule has 27 heavy (non-hydrogen) atoms. The molecule has 0 spiro atoms. The molecule has 2 aromatic heterocycles. The van der Waals surface area contributed by atoms with Crippen molar-refractivity contribution >= 4 is 11.6 Å². The van der Waals surface area contributed by atoms with E-state index in [-0.39, 0.29) is 11.8 Å². The van der Waals surface area contributed by atoms with Gasteiger partial charge in [-0.15, -0.1) is 0 Å². The zero-order valence-corrected chi connectivity index (χ0v) is 14.4. The van der Waals surface area contributed by atoms with Gasteiger partial charge in [-0.25, -0.2) is 0 Å².